The predicted molar refractivity (Wildman–Crippen MR) is 89.4 cm³/mol. The Bertz CT molecular complexity index is 602. The average Bonchev–Trinajstić information content (AvgIpc) is 2.62. The van der Waals surface area contributed by atoms with Gasteiger partial charge in [0.25, 0.3) is 5.91 Å². The van der Waals surface area contributed by atoms with E-state index in [1.54, 1.807) is 16.7 Å². The lowest BCUT2D eigenvalue weighted by atomic mass is 10.1. The number of rotatable bonds is 5. The average molecular weight is 351 g/mol. The molecule has 0 spiro atoms. The molecule has 2 aliphatic rings. The maximum Gasteiger partial charge on any atom is 0.305 e. The Kier molecular flexibility index (Phi) is 5.63. The fourth-order valence-corrected chi connectivity index (χ4v) is 3.99. The molecule has 2 heterocycles. The number of ether oxygens (including phenoxy) is 2. The van der Waals surface area contributed by atoms with E-state index in [0.717, 1.165) is 23.5 Å². The van der Waals surface area contributed by atoms with Crippen LogP contribution in [0.5, 0.6) is 5.75 Å². The molecule has 0 radical (unpaired) electrons. The van der Waals surface area contributed by atoms with Crippen molar-refractivity contribution in [3.05, 3.63) is 24.3 Å². The predicted octanol–water partition coefficient (Wildman–Crippen LogP) is 2.02. The Labute approximate surface area is 145 Å². The van der Waals surface area contributed by atoms with Gasteiger partial charge in [-0.2, -0.15) is 0 Å². The standard InChI is InChI=1S/C17H21NO5S/c19-16(20)5-8-18(12-6-9-22-10-7-12)17(21)14-11-24-15-4-2-1-3-13(15)23-14/h1-4,12,14H,5-11H2,(H,19,20)/t14-/m1/s1. The van der Waals surface area contributed by atoms with Crippen molar-refractivity contribution in [2.45, 2.75) is 36.3 Å². The summed E-state index contributed by atoms with van der Waals surface area (Å²) in [5.74, 6) is 0.245. The Balaban J connectivity index is 1.71. The number of hydrogen-bond acceptors (Lipinski definition) is 5. The van der Waals surface area contributed by atoms with Gasteiger partial charge < -0.3 is 19.5 Å². The van der Waals surface area contributed by atoms with E-state index in [4.69, 9.17) is 14.6 Å². The summed E-state index contributed by atoms with van der Waals surface area (Å²) in [5, 5.41) is 8.99. The first-order valence-electron chi connectivity index (χ1n) is 8.13. The fourth-order valence-electron chi connectivity index (χ4n) is 3.01. The van der Waals surface area contributed by atoms with Crippen molar-refractivity contribution in [2.24, 2.45) is 0 Å². The van der Waals surface area contributed by atoms with E-state index < -0.39 is 12.1 Å². The number of nitrogens with zero attached hydrogens (tertiary/aromatic N) is 1. The largest absolute Gasteiger partial charge is 0.481 e. The van der Waals surface area contributed by atoms with Crippen LogP contribution in [-0.2, 0) is 14.3 Å². The van der Waals surface area contributed by atoms with Crippen LogP contribution < -0.4 is 4.74 Å². The van der Waals surface area contributed by atoms with Crippen molar-refractivity contribution < 1.29 is 24.2 Å². The number of fused-ring (bicyclic) bond motifs is 1. The van der Waals surface area contributed by atoms with Gasteiger partial charge in [-0.3, -0.25) is 9.59 Å². The minimum atomic E-state index is -0.899. The molecular formula is C17H21NO5S. The number of hydrogen-bond donors (Lipinski definition) is 1. The zero-order valence-electron chi connectivity index (χ0n) is 13.3. The normalized spacial score (nSPS) is 20.8. The molecule has 1 aromatic carbocycles. The summed E-state index contributed by atoms with van der Waals surface area (Å²) in [4.78, 5) is 26.6. The van der Waals surface area contributed by atoms with Crippen LogP contribution in [0.15, 0.2) is 29.2 Å². The number of carboxylic acid groups (broad SMARTS) is 1. The molecule has 2 aliphatic heterocycles. The van der Waals surface area contributed by atoms with Crippen LogP contribution in [0.2, 0.25) is 0 Å². The SMILES string of the molecule is O=C(O)CCN(C(=O)[C@H]1CSc2ccccc2O1)C1CCOCC1. The number of carboxylic acids is 1. The molecule has 0 aromatic heterocycles. The zero-order chi connectivity index (χ0) is 16.9. The van der Waals surface area contributed by atoms with Crippen molar-refractivity contribution >= 4 is 23.6 Å². The Morgan fingerprint density at radius 1 is 1.25 bits per heavy atom. The van der Waals surface area contributed by atoms with Gasteiger partial charge in [-0.1, -0.05) is 12.1 Å². The summed E-state index contributed by atoms with van der Waals surface area (Å²) in [7, 11) is 0. The van der Waals surface area contributed by atoms with Crippen molar-refractivity contribution in [2.75, 3.05) is 25.5 Å². The number of aliphatic carboxylic acids is 1. The highest BCUT2D eigenvalue weighted by Crippen LogP contribution is 2.35. The second-order valence-electron chi connectivity index (χ2n) is 5.88. The van der Waals surface area contributed by atoms with Crippen LogP contribution in [0.25, 0.3) is 0 Å². The molecule has 24 heavy (non-hydrogen) atoms. The van der Waals surface area contributed by atoms with E-state index >= 15 is 0 Å². The maximum atomic E-state index is 13.0. The van der Waals surface area contributed by atoms with Crippen molar-refractivity contribution in [3.8, 4) is 5.75 Å². The van der Waals surface area contributed by atoms with E-state index in [1.165, 1.54) is 0 Å². The van der Waals surface area contributed by atoms with E-state index in [-0.39, 0.29) is 24.9 Å². The van der Waals surface area contributed by atoms with Gasteiger partial charge in [0.1, 0.15) is 5.75 Å². The van der Waals surface area contributed by atoms with Gasteiger partial charge in [0.15, 0.2) is 6.10 Å². The fraction of sp³-hybridized carbons (Fsp3) is 0.529. The minimum Gasteiger partial charge on any atom is -0.481 e. The lowest BCUT2D eigenvalue weighted by Crippen LogP contribution is -2.51. The number of thioether (sulfide) groups is 1. The van der Waals surface area contributed by atoms with Crippen molar-refractivity contribution in [3.63, 3.8) is 0 Å². The monoisotopic (exact) mass is 351 g/mol. The third-order valence-corrected chi connectivity index (χ3v) is 5.38. The smallest absolute Gasteiger partial charge is 0.305 e. The quantitative estimate of drug-likeness (QED) is 0.875. The number of para-hydroxylation sites is 1. The molecule has 0 aliphatic carbocycles. The molecule has 1 N–H and O–H groups in total. The zero-order valence-corrected chi connectivity index (χ0v) is 14.2. The summed E-state index contributed by atoms with van der Waals surface area (Å²) in [5.41, 5.74) is 0. The number of benzene rings is 1. The highest BCUT2D eigenvalue weighted by atomic mass is 32.2. The lowest BCUT2D eigenvalue weighted by Gasteiger charge is -2.37. The van der Waals surface area contributed by atoms with Crippen LogP contribution in [0.4, 0.5) is 0 Å². The molecule has 1 atom stereocenters. The molecule has 6 nitrogen and oxygen atoms in total. The number of carbonyl (C=O) groups excluding carboxylic acids is 1. The molecule has 3 rings (SSSR count). The molecular weight excluding hydrogens is 330 g/mol. The van der Waals surface area contributed by atoms with Gasteiger partial charge in [0.2, 0.25) is 0 Å². The summed E-state index contributed by atoms with van der Waals surface area (Å²) in [6.45, 7) is 1.42. The molecule has 1 saturated heterocycles. The van der Waals surface area contributed by atoms with E-state index in [9.17, 15) is 9.59 Å². The first-order chi connectivity index (χ1) is 11.6. The molecule has 7 heteroatoms. The minimum absolute atomic E-state index is 0.0244. The highest BCUT2D eigenvalue weighted by Gasteiger charge is 2.34. The van der Waals surface area contributed by atoms with Crippen LogP contribution >= 0.6 is 11.8 Å². The molecule has 1 amide bonds. The van der Waals surface area contributed by atoms with E-state index in [1.807, 2.05) is 24.3 Å². The van der Waals surface area contributed by atoms with Crippen LogP contribution in [-0.4, -0.2) is 59.5 Å². The van der Waals surface area contributed by atoms with Crippen molar-refractivity contribution in [1.29, 1.82) is 0 Å². The second-order valence-corrected chi connectivity index (χ2v) is 6.94. The van der Waals surface area contributed by atoms with Gasteiger partial charge in [-0.05, 0) is 25.0 Å². The number of amides is 1. The van der Waals surface area contributed by atoms with Gasteiger partial charge >= 0.3 is 5.97 Å². The molecule has 0 unspecified atom stereocenters. The number of carbonyl (C=O) groups is 2. The summed E-state index contributed by atoms with van der Waals surface area (Å²) < 4.78 is 11.2. The van der Waals surface area contributed by atoms with Crippen molar-refractivity contribution in [1.82, 2.24) is 4.90 Å². The second kappa shape index (κ2) is 7.90. The first-order valence-corrected chi connectivity index (χ1v) is 9.12. The first kappa shape index (κ1) is 17.1. The topological polar surface area (TPSA) is 76.1 Å². The molecule has 1 aromatic rings. The van der Waals surface area contributed by atoms with Gasteiger partial charge in [-0.25, -0.2) is 0 Å². The van der Waals surface area contributed by atoms with Crippen LogP contribution in [0.1, 0.15) is 19.3 Å². The summed E-state index contributed by atoms with van der Waals surface area (Å²) >= 11 is 1.60. The lowest BCUT2D eigenvalue weighted by molar-refractivity contribution is -0.144. The van der Waals surface area contributed by atoms with E-state index in [2.05, 4.69) is 0 Å². The van der Waals surface area contributed by atoms with Crippen LogP contribution in [0.3, 0.4) is 0 Å². The van der Waals surface area contributed by atoms with Gasteiger partial charge in [-0.15, -0.1) is 11.8 Å². The Morgan fingerprint density at radius 2 is 2.00 bits per heavy atom. The highest BCUT2D eigenvalue weighted by molar-refractivity contribution is 7.99. The van der Waals surface area contributed by atoms with Gasteiger partial charge in [0.05, 0.1) is 6.42 Å². The summed E-state index contributed by atoms with van der Waals surface area (Å²) in [6, 6.07) is 7.68. The molecule has 130 valence electrons. The van der Waals surface area contributed by atoms with Crippen LogP contribution in [0, 0.1) is 0 Å². The Hall–Kier alpha value is -1.73. The maximum absolute atomic E-state index is 13.0. The summed E-state index contributed by atoms with van der Waals surface area (Å²) in [6.07, 6.45) is 0.852. The molecule has 1 fully saturated rings. The van der Waals surface area contributed by atoms with Gasteiger partial charge in [0, 0.05) is 36.4 Å². The Morgan fingerprint density at radius 3 is 2.75 bits per heavy atom. The third kappa shape index (κ3) is 4.02. The molecule has 0 bridgehead atoms. The molecule has 0 saturated carbocycles. The third-order valence-electron chi connectivity index (χ3n) is 4.27. The van der Waals surface area contributed by atoms with E-state index in [0.29, 0.717) is 19.0 Å².